The molecule has 0 radical (unpaired) electrons. The molecule has 0 atom stereocenters. The maximum absolute atomic E-state index is 11.2. The average Bonchev–Trinajstić information content (AvgIpc) is 2.48. The molecule has 0 spiro atoms. The van der Waals surface area contributed by atoms with E-state index in [-0.39, 0.29) is 5.56 Å². The zero-order valence-corrected chi connectivity index (χ0v) is 8.38. The van der Waals surface area contributed by atoms with Crippen LogP contribution in [0.4, 0.5) is 0 Å². The van der Waals surface area contributed by atoms with Crippen LogP contribution in [-0.4, -0.2) is 9.78 Å². The smallest absolute Gasteiger partial charge is 0.266 e. The van der Waals surface area contributed by atoms with Gasteiger partial charge >= 0.3 is 0 Å². The second kappa shape index (κ2) is 3.35. The van der Waals surface area contributed by atoms with Crippen LogP contribution in [0.3, 0.4) is 0 Å². The Morgan fingerprint density at radius 3 is 2.50 bits per heavy atom. The molecule has 1 N–H and O–H groups in total. The lowest BCUT2D eigenvalue weighted by Gasteiger charge is -1.97. The molecule has 2 aromatic rings. The molecule has 0 aliphatic rings. The highest BCUT2D eigenvalue weighted by Crippen LogP contribution is 2.17. The summed E-state index contributed by atoms with van der Waals surface area (Å²) in [5.74, 6) is 0. The highest BCUT2D eigenvalue weighted by molar-refractivity contribution is 6.30. The number of aromatic amines is 1. The van der Waals surface area contributed by atoms with Gasteiger partial charge in [0.05, 0.1) is 5.69 Å². The number of benzene rings is 1. The fourth-order valence-electron chi connectivity index (χ4n) is 1.27. The Balaban J connectivity index is 2.49. The summed E-state index contributed by atoms with van der Waals surface area (Å²) < 4.78 is 1.43. The molecular formula is C10H9ClN2O. The summed E-state index contributed by atoms with van der Waals surface area (Å²) in [6, 6.07) is 8.88. The highest BCUT2D eigenvalue weighted by Gasteiger charge is 2.01. The minimum absolute atomic E-state index is 0.0463. The van der Waals surface area contributed by atoms with E-state index >= 15 is 0 Å². The van der Waals surface area contributed by atoms with Crippen LogP contribution in [-0.2, 0) is 7.05 Å². The molecule has 0 unspecified atom stereocenters. The second-order valence-electron chi connectivity index (χ2n) is 3.07. The van der Waals surface area contributed by atoms with Crippen molar-refractivity contribution in [3.8, 4) is 11.3 Å². The number of hydrogen-bond donors (Lipinski definition) is 1. The van der Waals surface area contributed by atoms with E-state index in [1.807, 2.05) is 12.1 Å². The standard InChI is InChI=1S/C10H9ClN2O/c1-13-10(14)6-9(12-13)7-2-4-8(11)5-3-7/h2-6,12H,1H3/i9+2. The van der Waals surface area contributed by atoms with Gasteiger partial charge in [-0.05, 0) is 17.7 Å². The SMILES string of the molecule is Cn1[nH][14c](-c2ccc(Cl)cc2)cc1=O. The molecule has 3 nitrogen and oxygen atoms in total. The zero-order chi connectivity index (χ0) is 10.1. The summed E-state index contributed by atoms with van der Waals surface area (Å²) in [6.07, 6.45) is 0. The molecule has 0 fully saturated rings. The number of aryl methyl sites for hydroxylation is 1. The lowest BCUT2D eigenvalue weighted by atomic mass is 10.3. The summed E-state index contributed by atoms with van der Waals surface area (Å²) in [4.78, 5) is 11.2. The van der Waals surface area contributed by atoms with E-state index in [1.165, 1.54) is 4.68 Å². The van der Waals surface area contributed by atoms with Gasteiger partial charge in [-0.15, -0.1) is 0 Å². The molecule has 0 aliphatic heterocycles. The lowest BCUT2D eigenvalue weighted by Crippen LogP contribution is -2.09. The van der Waals surface area contributed by atoms with Crippen molar-refractivity contribution < 1.29 is 0 Å². The third kappa shape index (κ3) is 1.59. The summed E-state index contributed by atoms with van der Waals surface area (Å²) in [5.41, 5.74) is 1.70. The minimum Gasteiger partial charge on any atom is -0.295 e. The molecular weight excluding hydrogens is 202 g/mol. The van der Waals surface area contributed by atoms with Crippen molar-refractivity contribution >= 4 is 11.6 Å². The van der Waals surface area contributed by atoms with E-state index in [2.05, 4.69) is 5.10 Å². The van der Waals surface area contributed by atoms with Crippen LogP contribution >= 0.6 is 11.6 Å². The van der Waals surface area contributed by atoms with Crippen LogP contribution in [0.25, 0.3) is 11.3 Å². The number of aromatic nitrogens is 2. The predicted octanol–water partition coefficient (Wildman–Crippen LogP) is 2.03. The van der Waals surface area contributed by atoms with Gasteiger partial charge in [0.25, 0.3) is 5.56 Å². The molecule has 0 aliphatic carbocycles. The van der Waals surface area contributed by atoms with Gasteiger partial charge in [0.2, 0.25) is 0 Å². The molecule has 4 heteroatoms. The maximum atomic E-state index is 11.2. The fourth-order valence-corrected chi connectivity index (χ4v) is 1.39. The third-order valence-corrected chi connectivity index (χ3v) is 2.29. The molecule has 1 aromatic heterocycles. The molecule has 0 amide bonds. The quantitative estimate of drug-likeness (QED) is 0.769. The first-order valence-electron chi connectivity index (χ1n) is 4.19. The second-order valence-corrected chi connectivity index (χ2v) is 3.51. The Bertz CT molecular complexity index is 496. The van der Waals surface area contributed by atoms with E-state index in [1.54, 1.807) is 25.2 Å². The van der Waals surface area contributed by atoms with E-state index in [9.17, 15) is 4.79 Å². The molecule has 1 heterocycles. The number of hydrogen-bond acceptors (Lipinski definition) is 1. The van der Waals surface area contributed by atoms with Crippen LogP contribution in [0.15, 0.2) is 35.1 Å². The topological polar surface area (TPSA) is 37.8 Å². The monoisotopic (exact) mass is 210 g/mol. The normalized spacial score (nSPS) is 10.4. The van der Waals surface area contributed by atoms with Crippen molar-refractivity contribution in [2.45, 2.75) is 0 Å². The number of H-pyrrole nitrogens is 1. The van der Waals surface area contributed by atoms with Crippen molar-refractivity contribution in [3.63, 3.8) is 0 Å². The Kier molecular flexibility index (Phi) is 2.17. The van der Waals surface area contributed by atoms with Crippen LogP contribution < -0.4 is 5.56 Å². The fraction of sp³-hybridized carbons (Fsp3) is 0.100. The van der Waals surface area contributed by atoms with E-state index in [0.717, 1.165) is 11.3 Å². The molecule has 14 heavy (non-hydrogen) atoms. The van der Waals surface area contributed by atoms with Gasteiger partial charge in [-0.25, -0.2) is 0 Å². The van der Waals surface area contributed by atoms with Crippen molar-refractivity contribution in [1.82, 2.24) is 9.78 Å². The number of nitrogens with zero attached hydrogens (tertiary/aromatic N) is 1. The summed E-state index contributed by atoms with van der Waals surface area (Å²) >= 11 is 5.76. The predicted molar refractivity (Wildman–Crippen MR) is 56.5 cm³/mol. The van der Waals surface area contributed by atoms with Crippen LogP contribution in [0.1, 0.15) is 0 Å². The summed E-state index contributed by atoms with van der Waals surface area (Å²) in [5, 5.41) is 3.63. The van der Waals surface area contributed by atoms with Crippen LogP contribution in [0, 0.1) is 0 Å². The maximum Gasteiger partial charge on any atom is 0.266 e. The largest absolute Gasteiger partial charge is 0.295 e. The third-order valence-electron chi connectivity index (χ3n) is 2.04. The minimum atomic E-state index is -0.0463. The Hall–Kier alpha value is -1.48. The van der Waals surface area contributed by atoms with E-state index < -0.39 is 0 Å². The van der Waals surface area contributed by atoms with Gasteiger partial charge in [0, 0.05) is 18.1 Å². The van der Waals surface area contributed by atoms with Gasteiger partial charge < -0.3 is 0 Å². The number of nitrogens with one attached hydrogen (secondary N) is 1. The highest BCUT2D eigenvalue weighted by atomic mass is 35.5. The first-order chi connectivity index (χ1) is 6.66. The van der Waals surface area contributed by atoms with Gasteiger partial charge in [-0.3, -0.25) is 14.6 Å². The van der Waals surface area contributed by atoms with Crippen molar-refractivity contribution in [1.29, 1.82) is 0 Å². The van der Waals surface area contributed by atoms with Crippen LogP contribution in [0.2, 0.25) is 5.02 Å². The summed E-state index contributed by atoms with van der Waals surface area (Å²) in [6.45, 7) is 0. The van der Waals surface area contributed by atoms with Gasteiger partial charge in [0.1, 0.15) is 0 Å². The Morgan fingerprint density at radius 1 is 1.36 bits per heavy atom. The van der Waals surface area contributed by atoms with Crippen molar-refractivity contribution in [3.05, 3.63) is 45.7 Å². The zero-order valence-electron chi connectivity index (χ0n) is 7.62. The van der Waals surface area contributed by atoms with Gasteiger partial charge in [-0.1, -0.05) is 23.7 Å². The van der Waals surface area contributed by atoms with Crippen LogP contribution in [0.5, 0.6) is 0 Å². The van der Waals surface area contributed by atoms with E-state index in [4.69, 9.17) is 11.6 Å². The van der Waals surface area contributed by atoms with Crippen molar-refractivity contribution in [2.24, 2.45) is 7.05 Å². The molecule has 0 bridgehead atoms. The molecule has 72 valence electrons. The van der Waals surface area contributed by atoms with Gasteiger partial charge in [0.15, 0.2) is 0 Å². The van der Waals surface area contributed by atoms with Crippen molar-refractivity contribution in [2.75, 3.05) is 0 Å². The van der Waals surface area contributed by atoms with Gasteiger partial charge in [-0.2, -0.15) is 0 Å². The first-order valence-corrected chi connectivity index (χ1v) is 4.56. The average molecular weight is 211 g/mol. The number of rotatable bonds is 1. The lowest BCUT2D eigenvalue weighted by molar-refractivity contribution is 0.742. The molecule has 1 aromatic carbocycles. The molecule has 0 saturated carbocycles. The number of halogens is 1. The molecule has 0 saturated heterocycles. The summed E-state index contributed by atoms with van der Waals surface area (Å²) in [7, 11) is 1.68. The first kappa shape index (κ1) is 9.09. The Morgan fingerprint density at radius 2 is 2.00 bits per heavy atom. The van der Waals surface area contributed by atoms with E-state index in [0.29, 0.717) is 5.02 Å². The molecule has 2 rings (SSSR count). The Labute approximate surface area is 85.9 Å².